The lowest BCUT2D eigenvalue weighted by molar-refractivity contribution is -0.146. The first-order valence-corrected chi connectivity index (χ1v) is 8.02. The Kier molecular flexibility index (Phi) is 4.92. The Labute approximate surface area is 141 Å². The Hall–Kier alpha value is -2.25. The molecule has 24 heavy (non-hydrogen) atoms. The summed E-state index contributed by atoms with van der Waals surface area (Å²) in [7, 11) is 5.54. The molecule has 0 saturated carbocycles. The zero-order valence-electron chi connectivity index (χ0n) is 14.3. The molecule has 7 heteroatoms. The summed E-state index contributed by atoms with van der Waals surface area (Å²) in [6.07, 6.45) is 6.17. The summed E-state index contributed by atoms with van der Waals surface area (Å²) in [5.41, 5.74) is 1.05. The normalized spacial score (nSPS) is 21.3. The molecule has 0 unspecified atom stereocenters. The van der Waals surface area contributed by atoms with E-state index in [9.17, 15) is 4.79 Å². The molecule has 7 nitrogen and oxygen atoms in total. The maximum atomic E-state index is 12.2. The van der Waals surface area contributed by atoms with Crippen molar-refractivity contribution in [3.63, 3.8) is 0 Å². The van der Waals surface area contributed by atoms with Crippen molar-refractivity contribution in [2.75, 3.05) is 27.7 Å². The van der Waals surface area contributed by atoms with Crippen molar-refractivity contribution in [2.24, 2.45) is 0 Å². The number of rotatable bonds is 5. The molecule has 1 aliphatic heterocycles. The summed E-state index contributed by atoms with van der Waals surface area (Å²) in [5, 5.41) is 0. The predicted octanol–water partition coefficient (Wildman–Crippen LogP) is 0.945. The highest BCUT2D eigenvalue weighted by Gasteiger charge is 2.38. The number of ether oxygens (including phenoxy) is 1. The molecular formula is C17H23N5O2. The molecule has 0 bridgehead atoms. The average molecular weight is 329 g/mol. The molecule has 0 aliphatic carbocycles. The fourth-order valence-corrected chi connectivity index (χ4v) is 3.17. The SMILES string of the molecule is COC(=O)[C@@H]1C[C@@H](N(C)C)CN1Cc1cccn1-c1ncccn1. The third kappa shape index (κ3) is 3.32. The van der Waals surface area contributed by atoms with Crippen molar-refractivity contribution in [1.82, 2.24) is 24.3 Å². The molecule has 1 aliphatic rings. The fourth-order valence-electron chi connectivity index (χ4n) is 3.17. The molecule has 0 N–H and O–H groups in total. The van der Waals surface area contributed by atoms with E-state index in [1.54, 1.807) is 18.5 Å². The Morgan fingerprint density at radius 1 is 1.33 bits per heavy atom. The molecule has 128 valence electrons. The van der Waals surface area contributed by atoms with E-state index in [1.165, 1.54) is 7.11 Å². The maximum absolute atomic E-state index is 12.2. The van der Waals surface area contributed by atoms with Gasteiger partial charge in [-0.2, -0.15) is 0 Å². The van der Waals surface area contributed by atoms with Crippen molar-refractivity contribution in [2.45, 2.75) is 25.0 Å². The molecular weight excluding hydrogens is 306 g/mol. The second kappa shape index (κ2) is 7.11. The highest BCUT2D eigenvalue weighted by atomic mass is 16.5. The Balaban J connectivity index is 1.82. The predicted molar refractivity (Wildman–Crippen MR) is 89.7 cm³/mol. The van der Waals surface area contributed by atoms with Crippen LogP contribution in [0.2, 0.25) is 0 Å². The number of nitrogens with zero attached hydrogens (tertiary/aromatic N) is 5. The molecule has 0 radical (unpaired) electrons. The molecule has 3 rings (SSSR count). The Bertz CT molecular complexity index is 685. The van der Waals surface area contributed by atoms with Crippen molar-refractivity contribution < 1.29 is 9.53 Å². The molecule has 2 aromatic heterocycles. The van der Waals surface area contributed by atoms with E-state index >= 15 is 0 Å². The number of carbonyl (C=O) groups excluding carboxylic acids is 1. The van der Waals surface area contributed by atoms with Crippen LogP contribution in [-0.4, -0.2) is 70.1 Å². The fraction of sp³-hybridized carbons (Fsp3) is 0.471. The van der Waals surface area contributed by atoms with Gasteiger partial charge in [0.25, 0.3) is 0 Å². The van der Waals surface area contributed by atoms with Crippen LogP contribution in [0.15, 0.2) is 36.8 Å². The van der Waals surface area contributed by atoms with Crippen LogP contribution in [0.4, 0.5) is 0 Å². The minimum atomic E-state index is -0.220. The number of esters is 1. The Morgan fingerprint density at radius 2 is 2.08 bits per heavy atom. The topological polar surface area (TPSA) is 63.5 Å². The standard InChI is InChI=1S/C17H23N5O2/c1-20(2)14-10-15(16(23)24-3)21(12-14)11-13-6-4-9-22(13)17-18-7-5-8-19-17/h4-9,14-15H,10-12H2,1-3H3/t14-,15+/m1/s1. The van der Waals surface area contributed by atoms with Crippen LogP contribution >= 0.6 is 0 Å². The number of likely N-dealkylation sites (N-methyl/N-ethyl adjacent to an activating group) is 1. The smallest absolute Gasteiger partial charge is 0.323 e. The van der Waals surface area contributed by atoms with Crippen LogP contribution in [0.25, 0.3) is 5.95 Å². The van der Waals surface area contributed by atoms with Gasteiger partial charge in [-0.1, -0.05) is 0 Å². The van der Waals surface area contributed by atoms with E-state index in [0.717, 1.165) is 18.7 Å². The van der Waals surface area contributed by atoms with Crippen LogP contribution in [-0.2, 0) is 16.1 Å². The van der Waals surface area contributed by atoms with Gasteiger partial charge in [0.1, 0.15) is 6.04 Å². The van der Waals surface area contributed by atoms with E-state index in [4.69, 9.17) is 4.74 Å². The van der Waals surface area contributed by atoms with Gasteiger partial charge in [-0.25, -0.2) is 9.97 Å². The maximum Gasteiger partial charge on any atom is 0.323 e. The molecule has 0 amide bonds. The summed E-state index contributed by atoms with van der Waals surface area (Å²) in [4.78, 5) is 25.1. The molecule has 3 heterocycles. The van der Waals surface area contributed by atoms with Crippen molar-refractivity contribution in [1.29, 1.82) is 0 Å². The van der Waals surface area contributed by atoms with E-state index in [-0.39, 0.29) is 12.0 Å². The summed E-state index contributed by atoms with van der Waals surface area (Å²) in [6.45, 7) is 1.48. The number of carbonyl (C=O) groups is 1. The molecule has 0 aromatic carbocycles. The van der Waals surface area contributed by atoms with Crippen LogP contribution in [0, 0.1) is 0 Å². The zero-order chi connectivity index (χ0) is 17.1. The second-order valence-corrected chi connectivity index (χ2v) is 6.24. The second-order valence-electron chi connectivity index (χ2n) is 6.24. The highest BCUT2D eigenvalue weighted by molar-refractivity contribution is 5.76. The third-order valence-corrected chi connectivity index (χ3v) is 4.55. The third-order valence-electron chi connectivity index (χ3n) is 4.55. The minimum absolute atomic E-state index is 0.173. The summed E-state index contributed by atoms with van der Waals surface area (Å²) < 4.78 is 6.95. The number of methoxy groups -OCH3 is 1. The number of hydrogen-bond donors (Lipinski definition) is 0. The van der Waals surface area contributed by atoms with Crippen LogP contribution in [0.3, 0.4) is 0 Å². The summed E-state index contributed by atoms with van der Waals surface area (Å²) in [6, 6.07) is 5.92. The van der Waals surface area contributed by atoms with Gasteiger partial charge in [-0.15, -0.1) is 0 Å². The minimum Gasteiger partial charge on any atom is -0.468 e. The lowest BCUT2D eigenvalue weighted by atomic mass is 10.1. The molecule has 1 fully saturated rings. The molecule has 1 saturated heterocycles. The van der Waals surface area contributed by atoms with Gasteiger partial charge in [0, 0.05) is 43.4 Å². The molecule has 2 atom stereocenters. The number of hydrogen-bond acceptors (Lipinski definition) is 6. The van der Waals surface area contributed by atoms with Gasteiger partial charge in [0.05, 0.1) is 7.11 Å². The largest absolute Gasteiger partial charge is 0.468 e. The first-order valence-electron chi connectivity index (χ1n) is 8.02. The molecule has 2 aromatic rings. The van der Waals surface area contributed by atoms with Crippen molar-refractivity contribution in [3.8, 4) is 5.95 Å². The van der Waals surface area contributed by atoms with E-state index in [0.29, 0.717) is 18.5 Å². The summed E-state index contributed by atoms with van der Waals surface area (Å²) >= 11 is 0. The molecule has 0 spiro atoms. The van der Waals surface area contributed by atoms with Gasteiger partial charge < -0.3 is 9.64 Å². The Morgan fingerprint density at radius 3 is 2.75 bits per heavy atom. The number of aromatic nitrogens is 3. The zero-order valence-corrected chi connectivity index (χ0v) is 14.3. The number of likely N-dealkylation sites (tertiary alicyclic amines) is 1. The van der Waals surface area contributed by atoms with E-state index < -0.39 is 0 Å². The van der Waals surface area contributed by atoms with Crippen molar-refractivity contribution >= 4 is 5.97 Å². The van der Waals surface area contributed by atoms with Gasteiger partial charge >= 0.3 is 5.97 Å². The van der Waals surface area contributed by atoms with Gasteiger partial charge in [0.15, 0.2) is 0 Å². The lowest BCUT2D eigenvalue weighted by Crippen LogP contribution is -2.37. The van der Waals surface area contributed by atoms with Crippen LogP contribution in [0.5, 0.6) is 0 Å². The van der Waals surface area contributed by atoms with Gasteiger partial charge in [-0.05, 0) is 38.7 Å². The summed E-state index contributed by atoms with van der Waals surface area (Å²) in [5.74, 6) is 0.462. The first-order chi connectivity index (χ1) is 11.6. The van der Waals surface area contributed by atoms with E-state index in [2.05, 4.69) is 19.8 Å². The monoisotopic (exact) mass is 329 g/mol. The van der Waals surface area contributed by atoms with Crippen LogP contribution in [0.1, 0.15) is 12.1 Å². The van der Waals surface area contributed by atoms with Crippen molar-refractivity contribution in [3.05, 3.63) is 42.5 Å². The average Bonchev–Trinajstić information content (AvgIpc) is 3.22. The van der Waals surface area contributed by atoms with Crippen LogP contribution < -0.4 is 0 Å². The highest BCUT2D eigenvalue weighted by Crippen LogP contribution is 2.24. The van der Waals surface area contributed by atoms with E-state index in [1.807, 2.05) is 37.0 Å². The quantitative estimate of drug-likeness (QED) is 0.761. The van der Waals surface area contributed by atoms with Gasteiger partial charge in [-0.3, -0.25) is 14.3 Å². The van der Waals surface area contributed by atoms with Gasteiger partial charge in [0.2, 0.25) is 5.95 Å². The first kappa shape index (κ1) is 16.6. The lowest BCUT2D eigenvalue weighted by Gasteiger charge is -2.23.